The van der Waals surface area contributed by atoms with E-state index in [0.29, 0.717) is 0 Å². The van der Waals surface area contributed by atoms with Crippen LogP contribution < -0.4 is 0 Å². The average Bonchev–Trinajstić information content (AvgIpc) is 2.19. The highest BCUT2D eigenvalue weighted by Crippen LogP contribution is 2.12. The number of rotatable bonds is 3. The zero-order chi connectivity index (χ0) is 10.4. The van der Waals surface area contributed by atoms with E-state index in [0.717, 1.165) is 23.4 Å². The van der Waals surface area contributed by atoms with Gasteiger partial charge in [-0.15, -0.1) is 0 Å². The fourth-order valence-corrected chi connectivity index (χ4v) is 1.18. The topological polar surface area (TPSA) is 25.8 Å². The van der Waals surface area contributed by atoms with Crippen molar-refractivity contribution in [2.75, 3.05) is 0 Å². The third-order valence-corrected chi connectivity index (χ3v) is 1.89. The molecule has 1 heterocycles. The molecule has 0 fully saturated rings. The summed E-state index contributed by atoms with van der Waals surface area (Å²) in [4.78, 5) is 8.54. The molecule has 1 aromatic heterocycles. The molecule has 0 atom stereocenters. The Morgan fingerprint density at radius 2 is 2.21 bits per heavy atom. The third-order valence-electron chi connectivity index (χ3n) is 1.89. The maximum atomic E-state index is 4.42. The zero-order valence-corrected chi connectivity index (χ0v) is 8.99. The summed E-state index contributed by atoms with van der Waals surface area (Å²) in [6.07, 6.45) is 10.9. The minimum absolute atomic E-state index is 0.942. The predicted molar refractivity (Wildman–Crippen MR) is 59.9 cm³/mol. The molecule has 74 valence electrons. The molecular weight excluding hydrogens is 172 g/mol. The molecule has 0 aliphatic rings. The second-order valence-corrected chi connectivity index (χ2v) is 3.10. The summed E-state index contributed by atoms with van der Waals surface area (Å²) in [7, 11) is 0. The lowest BCUT2D eigenvalue weighted by atomic mass is 10.1. The van der Waals surface area contributed by atoms with Gasteiger partial charge < -0.3 is 0 Å². The van der Waals surface area contributed by atoms with Crippen LogP contribution in [0.4, 0.5) is 0 Å². The zero-order valence-electron chi connectivity index (χ0n) is 8.99. The van der Waals surface area contributed by atoms with Gasteiger partial charge in [-0.2, -0.15) is 0 Å². The largest absolute Gasteiger partial charge is 0.261 e. The van der Waals surface area contributed by atoms with E-state index in [2.05, 4.69) is 35.1 Å². The molecule has 0 aliphatic heterocycles. The average molecular weight is 188 g/mol. The van der Waals surface area contributed by atoms with E-state index in [-0.39, 0.29) is 0 Å². The molecule has 0 N–H and O–H groups in total. The molecule has 0 unspecified atom stereocenters. The number of aryl methyl sites for hydroxylation is 1. The first kappa shape index (κ1) is 10.6. The van der Waals surface area contributed by atoms with Crippen molar-refractivity contribution < 1.29 is 0 Å². The first-order valence-electron chi connectivity index (χ1n) is 4.89. The normalized spacial score (nSPS) is 12.4. The van der Waals surface area contributed by atoms with Gasteiger partial charge in [-0.3, -0.25) is 4.98 Å². The van der Waals surface area contributed by atoms with Crippen LogP contribution in [-0.2, 0) is 0 Å². The Hall–Kier alpha value is -1.44. The highest BCUT2D eigenvalue weighted by atomic mass is 14.8. The van der Waals surface area contributed by atoms with Crippen molar-refractivity contribution >= 4 is 5.57 Å². The first-order chi connectivity index (χ1) is 6.77. The highest BCUT2D eigenvalue weighted by molar-refractivity contribution is 5.70. The lowest BCUT2D eigenvalue weighted by Gasteiger charge is -2.00. The van der Waals surface area contributed by atoms with Gasteiger partial charge in [0, 0.05) is 6.20 Å². The molecule has 1 rings (SSSR count). The van der Waals surface area contributed by atoms with Crippen molar-refractivity contribution in [1.29, 1.82) is 0 Å². The minimum Gasteiger partial charge on any atom is -0.261 e. The number of aromatic nitrogens is 2. The van der Waals surface area contributed by atoms with Crippen molar-refractivity contribution in [2.24, 2.45) is 0 Å². The Labute approximate surface area is 85.4 Å². The second-order valence-electron chi connectivity index (χ2n) is 3.10. The lowest BCUT2D eigenvalue weighted by Crippen LogP contribution is -1.91. The lowest BCUT2D eigenvalue weighted by molar-refractivity contribution is 1.09. The van der Waals surface area contributed by atoms with Gasteiger partial charge in [0.2, 0.25) is 0 Å². The molecule has 0 saturated heterocycles. The van der Waals surface area contributed by atoms with E-state index >= 15 is 0 Å². The summed E-state index contributed by atoms with van der Waals surface area (Å²) in [5.74, 6) is 0. The van der Waals surface area contributed by atoms with Gasteiger partial charge in [-0.1, -0.05) is 25.2 Å². The Morgan fingerprint density at radius 3 is 2.79 bits per heavy atom. The van der Waals surface area contributed by atoms with Crippen molar-refractivity contribution in [2.45, 2.75) is 27.2 Å². The van der Waals surface area contributed by atoms with E-state index in [1.807, 2.05) is 13.8 Å². The molecule has 14 heavy (non-hydrogen) atoms. The van der Waals surface area contributed by atoms with Gasteiger partial charge in [-0.05, 0) is 25.8 Å². The minimum atomic E-state index is 0.942. The van der Waals surface area contributed by atoms with Gasteiger partial charge in [0.05, 0.1) is 17.6 Å². The van der Waals surface area contributed by atoms with Crippen LogP contribution in [0, 0.1) is 6.92 Å². The third kappa shape index (κ3) is 2.80. The molecule has 2 heteroatoms. The molecule has 0 spiro atoms. The molecule has 1 aromatic rings. The summed E-state index contributed by atoms with van der Waals surface area (Å²) in [6.45, 7) is 6.08. The van der Waals surface area contributed by atoms with Crippen LogP contribution in [0.25, 0.3) is 5.57 Å². The van der Waals surface area contributed by atoms with Crippen LogP contribution in [0.2, 0.25) is 0 Å². The maximum absolute atomic E-state index is 4.42. The van der Waals surface area contributed by atoms with Crippen LogP contribution in [0.3, 0.4) is 0 Å². The Balaban J connectivity index is 2.96. The van der Waals surface area contributed by atoms with Gasteiger partial charge in [0.15, 0.2) is 0 Å². The van der Waals surface area contributed by atoms with Crippen molar-refractivity contribution in [3.8, 4) is 0 Å². The molecule has 0 aliphatic carbocycles. The Kier molecular flexibility index (Phi) is 4.05. The van der Waals surface area contributed by atoms with Crippen LogP contribution in [0.15, 0.2) is 30.6 Å². The first-order valence-corrected chi connectivity index (χ1v) is 4.89. The Morgan fingerprint density at radius 1 is 1.43 bits per heavy atom. The van der Waals surface area contributed by atoms with Crippen molar-refractivity contribution in [3.05, 3.63) is 42.0 Å². The van der Waals surface area contributed by atoms with E-state index in [1.165, 1.54) is 0 Å². The number of hydrogen-bond donors (Lipinski definition) is 0. The fraction of sp³-hybridized carbons (Fsp3) is 0.333. The molecular formula is C12H16N2. The molecule has 0 saturated carbocycles. The van der Waals surface area contributed by atoms with Crippen LogP contribution >= 0.6 is 0 Å². The van der Waals surface area contributed by atoms with Gasteiger partial charge >= 0.3 is 0 Å². The summed E-state index contributed by atoms with van der Waals surface area (Å²) in [5, 5.41) is 0. The van der Waals surface area contributed by atoms with E-state index < -0.39 is 0 Å². The highest BCUT2D eigenvalue weighted by Gasteiger charge is 1.98. The van der Waals surface area contributed by atoms with Gasteiger partial charge in [0.1, 0.15) is 0 Å². The number of hydrogen-bond acceptors (Lipinski definition) is 2. The maximum Gasteiger partial charge on any atom is 0.0884 e. The second kappa shape index (κ2) is 5.32. The van der Waals surface area contributed by atoms with E-state index in [4.69, 9.17) is 0 Å². The number of allylic oxidation sites excluding steroid dienone is 4. The molecule has 0 bridgehead atoms. The summed E-state index contributed by atoms with van der Waals surface area (Å²) in [5.41, 5.74) is 3.02. The summed E-state index contributed by atoms with van der Waals surface area (Å²) >= 11 is 0. The molecule has 2 nitrogen and oxygen atoms in total. The van der Waals surface area contributed by atoms with E-state index in [9.17, 15) is 0 Å². The monoisotopic (exact) mass is 188 g/mol. The molecule has 0 radical (unpaired) electrons. The SMILES string of the molecule is C/C=C(\C=C/CC)c1cncc(C)n1. The quantitative estimate of drug-likeness (QED) is 0.681. The smallest absolute Gasteiger partial charge is 0.0884 e. The van der Waals surface area contributed by atoms with Crippen molar-refractivity contribution in [3.63, 3.8) is 0 Å². The molecule has 0 aromatic carbocycles. The standard InChI is InChI=1S/C12H16N2/c1-4-6-7-11(5-2)12-9-13-8-10(3)14-12/h5-9H,4H2,1-3H3/b7-6-,11-5+. The van der Waals surface area contributed by atoms with Crippen molar-refractivity contribution in [1.82, 2.24) is 9.97 Å². The molecule has 0 amide bonds. The van der Waals surface area contributed by atoms with Crippen LogP contribution in [-0.4, -0.2) is 9.97 Å². The van der Waals surface area contributed by atoms with Crippen LogP contribution in [0.5, 0.6) is 0 Å². The fourth-order valence-electron chi connectivity index (χ4n) is 1.18. The predicted octanol–water partition coefficient (Wildman–Crippen LogP) is 3.15. The number of nitrogens with zero attached hydrogens (tertiary/aromatic N) is 2. The van der Waals surface area contributed by atoms with E-state index in [1.54, 1.807) is 12.4 Å². The van der Waals surface area contributed by atoms with Crippen LogP contribution in [0.1, 0.15) is 31.7 Å². The Bertz CT molecular complexity index is 351. The van der Waals surface area contributed by atoms with Gasteiger partial charge in [0.25, 0.3) is 0 Å². The summed E-state index contributed by atoms with van der Waals surface area (Å²) < 4.78 is 0. The summed E-state index contributed by atoms with van der Waals surface area (Å²) in [6, 6.07) is 0. The van der Waals surface area contributed by atoms with Gasteiger partial charge in [-0.25, -0.2) is 4.98 Å².